The molecule has 0 atom stereocenters. The van der Waals surface area contributed by atoms with E-state index in [2.05, 4.69) is 36.5 Å². The molecule has 2 rings (SSSR count). The van der Waals surface area contributed by atoms with Crippen molar-refractivity contribution in [1.82, 2.24) is 9.97 Å². The molecule has 0 saturated heterocycles. The minimum absolute atomic E-state index is 0.153. The first-order valence-electron chi connectivity index (χ1n) is 5.73. The number of benzene rings is 1. The molecule has 104 valence electrons. The van der Waals surface area contributed by atoms with Crippen molar-refractivity contribution in [1.29, 1.82) is 0 Å². The van der Waals surface area contributed by atoms with Crippen LogP contribution in [-0.4, -0.2) is 21.9 Å². The van der Waals surface area contributed by atoms with Gasteiger partial charge in [-0.25, -0.2) is 4.98 Å². The number of nitro groups is 1. The zero-order chi connectivity index (χ0) is 14.7. The fourth-order valence-corrected chi connectivity index (χ4v) is 2.09. The zero-order valence-electron chi connectivity index (χ0n) is 10.8. The summed E-state index contributed by atoms with van der Waals surface area (Å²) in [6.45, 7) is 1.90. The number of halogens is 1. The Balaban J connectivity index is 2.43. The Morgan fingerprint density at radius 2 is 2.15 bits per heavy atom. The normalized spacial score (nSPS) is 10.2. The minimum atomic E-state index is -0.518. The van der Waals surface area contributed by atoms with E-state index in [-0.39, 0.29) is 11.5 Å². The molecule has 1 aromatic carbocycles. The van der Waals surface area contributed by atoms with Gasteiger partial charge in [0, 0.05) is 17.2 Å². The van der Waals surface area contributed by atoms with Crippen molar-refractivity contribution in [2.75, 3.05) is 17.7 Å². The van der Waals surface area contributed by atoms with Crippen LogP contribution in [0.2, 0.25) is 0 Å². The number of nitrogens with zero attached hydrogens (tertiary/aromatic N) is 3. The Bertz CT molecular complexity index is 662. The quantitative estimate of drug-likeness (QED) is 0.657. The summed E-state index contributed by atoms with van der Waals surface area (Å²) in [6, 6.07) is 5.58. The fraction of sp³-hybridized carbons (Fsp3) is 0.167. The SMILES string of the molecule is CNc1ncc([N+](=O)[O-])c(Nc2ccc(Br)cc2C)n1. The number of anilines is 3. The van der Waals surface area contributed by atoms with Crippen LogP contribution in [0.25, 0.3) is 0 Å². The number of rotatable bonds is 4. The van der Waals surface area contributed by atoms with E-state index in [1.807, 2.05) is 25.1 Å². The maximum Gasteiger partial charge on any atom is 0.329 e. The third-order valence-corrected chi connectivity index (χ3v) is 3.12. The van der Waals surface area contributed by atoms with Crippen LogP contribution >= 0.6 is 15.9 Å². The monoisotopic (exact) mass is 337 g/mol. The predicted octanol–water partition coefficient (Wildman–Crippen LogP) is 3.24. The first kappa shape index (κ1) is 14.2. The molecule has 0 saturated carbocycles. The second-order valence-corrected chi connectivity index (χ2v) is 4.93. The molecule has 0 spiro atoms. The molecule has 0 fully saturated rings. The highest BCUT2D eigenvalue weighted by Crippen LogP contribution is 2.28. The minimum Gasteiger partial charge on any atom is -0.357 e. The van der Waals surface area contributed by atoms with Gasteiger partial charge in [-0.2, -0.15) is 4.98 Å². The highest BCUT2D eigenvalue weighted by atomic mass is 79.9. The van der Waals surface area contributed by atoms with Crippen LogP contribution in [0.15, 0.2) is 28.9 Å². The van der Waals surface area contributed by atoms with Crippen molar-refractivity contribution < 1.29 is 4.92 Å². The Hall–Kier alpha value is -2.22. The molecule has 2 N–H and O–H groups in total. The lowest BCUT2D eigenvalue weighted by Crippen LogP contribution is -2.05. The van der Waals surface area contributed by atoms with E-state index in [0.717, 1.165) is 15.7 Å². The second-order valence-electron chi connectivity index (χ2n) is 4.02. The van der Waals surface area contributed by atoms with Crippen LogP contribution in [0.3, 0.4) is 0 Å². The maximum absolute atomic E-state index is 11.0. The maximum atomic E-state index is 11.0. The zero-order valence-corrected chi connectivity index (χ0v) is 12.4. The topological polar surface area (TPSA) is 93.0 Å². The van der Waals surface area contributed by atoms with Crippen LogP contribution in [0.1, 0.15) is 5.56 Å². The number of hydrogen-bond donors (Lipinski definition) is 2. The van der Waals surface area contributed by atoms with Gasteiger partial charge in [-0.3, -0.25) is 10.1 Å². The third kappa shape index (κ3) is 3.02. The highest BCUT2D eigenvalue weighted by Gasteiger charge is 2.17. The summed E-state index contributed by atoms with van der Waals surface area (Å²) >= 11 is 3.37. The van der Waals surface area contributed by atoms with E-state index in [1.54, 1.807) is 7.05 Å². The van der Waals surface area contributed by atoms with Gasteiger partial charge in [0.05, 0.1) is 4.92 Å². The Morgan fingerprint density at radius 3 is 2.75 bits per heavy atom. The molecule has 0 radical (unpaired) electrons. The molecular formula is C12H12BrN5O2. The van der Waals surface area contributed by atoms with Crippen LogP contribution in [0, 0.1) is 17.0 Å². The van der Waals surface area contributed by atoms with Gasteiger partial charge in [-0.05, 0) is 30.7 Å². The van der Waals surface area contributed by atoms with E-state index in [4.69, 9.17) is 0 Å². The summed E-state index contributed by atoms with van der Waals surface area (Å²) < 4.78 is 0.939. The van der Waals surface area contributed by atoms with E-state index in [1.165, 1.54) is 6.20 Å². The molecule has 0 unspecified atom stereocenters. The summed E-state index contributed by atoms with van der Waals surface area (Å²) in [6.07, 6.45) is 1.18. The lowest BCUT2D eigenvalue weighted by Gasteiger charge is -2.10. The average molecular weight is 338 g/mol. The van der Waals surface area contributed by atoms with Crippen molar-refractivity contribution in [3.05, 3.63) is 44.5 Å². The molecule has 2 aromatic rings. The molecule has 0 aliphatic heterocycles. The van der Waals surface area contributed by atoms with Crippen molar-refractivity contribution in [2.45, 2.75) is 6.92 Å². The number of aryl methyl sites for hydroxylation is 1. The van der Waals surface area contributed by atoms with E-state index < -0.39 is 4.92 Å². The lowest BCUT2D eigenvalue weighted by atomic mass is 10.2. The number of aromatic nitrogens is 2. The van der Waals surface area contributed by atoms with E-state index >= 15 is 0 Å². The van der Waals surface area contributed by atoms with Gasteiger partial charge < -0.3 is 10.6 Å². The van der Waals surface area contributed by atoms with Gasteiger partial charge in [-0.1, -0.05) is 15.9 Å². The van der Waals surface area contributed by atoms with Crippen molar-refractivity contribution in [2.24, 2.45) is 0 Å². The van der Waals surface area contributed by atoms with E-state index in [9.17, 15) is 10.1 Å². The highest BCUT2D eigenvalue weighted by molar-refractivity contribution is 9.10. The van der Waals surface area contributed by atoms with Crippen molar-refractivity contribution in [3.8, 4) is 0 Å². The molecule has 0 aliphatic carbocycles. The molecule has 7 nitrogen and oxygen atoms in total. The standard InChI is InChI=1S/C12H12BrN5O2/c1-7-5-8(13)3-4-9(7)16-11-10(18(19)20)6-15-12(14-2)17-11/h3-6H,1-2H3,(H2,14,15,16,17). The summed E-state index contributed by atoms with van der Waals surface area (Å²) in [5.74, 6) is 0.465. The number of hydrogen-bond acceptors (Lipinski definition) is 6. The van der Waals surface area contributed by atoms with Crippen LogP contribution in [-0.2, 0) is 0 Å². The molecular weight excluding hydrogens is 326 g/mol. The van der Waals surface area contributed by atoms with Gasteiger partial charge in [0.25, 0.3) is 0 Å². The smallest absolute Gasteiger partial charge is 0.329 e. The van der Waals surface area contributed by atoms with Gasteiger partial charge in [-0.15, -0.1) is 0 Å². The molecule has 0 bridgehead atoms. The molecule has 1 aromatic heterocycles. The van der Waals surface area contributed by atoms with Crippen LogP contribution < -0.4 is 10.6 Å². The molecule has 1 heterocycles. The fourth-order valence-electron chi connectivity index (χ4n) is 1.62. The average Bonchev–Trinajstić information content (AvgIpc) is 2.41. The Kier molecular flexibility index (Phi) is 4.14. The Labute approximate surface area is 123 Å². The summed E-state index contributed by atoms with van der Waals surface area (Å²) in [5.41, 5.74) is 1.52. The third-order valence-electron chi connectivity index (χ3n) is 2.63. The molecule has 0 aliphatic rings. The first-order chi connectivity index (χ1) is 9.51. The molecule has 8 heteroatoms. The van der Waals surface area contributed by atoms with Crippen molar-refractivity contribution >= 4 is 39.1 Å². The van der Waals surface area contributed by atoms with Gasteiger partial charge in [0.15, 0.2) is 0 Å². The second kappa shape index (κ2) is 5.83. The van der Waals surface area contributed by atoms with Crippen LogP contribution in [0.5, 0.6) is 0 Å². The molecule has 0 amide bonds. The predicted molar refractivity (Wildman–Crippen MR) is 80.4 cm³/mol. The van der Waals surface area contributed by atoms with Crippen LogP contribution in [0.4, 0.5) is 23.1 Å². The summed E-state index contributed by atoms with van der Waals surface area (Å²) in [5, 5.41) is 16.7. The summed E-state index contributed by atoms with van der Waals surface area (Å²) in [4.78, 5) is 18.4. The van der Waals surface area contributed by atoms with Gasteiger partial charge in [0.2, 0.25) is 11.8 Å². The summed E-state index contributed by atoms with van der Waals surface area (Å²) in [7, 11) is 1.65. The Morgan fingerprint density at radius 1 is 1.40 bits per heavy atom. The lowest BCUT2D eigenvalue weighted by molar-refractivity contribution is -0.384. The first-order valence-corrected chi connectivity index (χ1v) is 6.53. The largest absolute Gasteiger partial charge is 0.357 e. The van der Waals surface area contributed by atoms with Crippen molar-refractivity contribution in [3.63, 3.8) is 0 Å². The number of nitrogens with one attached hydrogen (secondary N) is 2. The van der Waals surface area contributed by atoms with Gasteiger partial charge >= 0.3 is 5.69 Å². The molecule has 20 heavy (non-hydrogen) atoms. The van der Waals surface area contributed by atoms with Gasteiger partial charge in [0.1, 0.15) is 6.20 Å². The van der Waals surface area contributed by atoms with E-state index in [0.29, 0.717) is 5.95 Å².